The van der Waals surface area contributed by atoms with E-state index in [1.807, 2.05) is 30.3 Å². The maximum atomic E-state index is 6.06. The topological polar surface area (TPSA) is 93.7 Å². The molecule has 0 bridgehead atoms. The zero-order valence-corrected chi connectivity index (χ0v) is 10.6. The smallest absolute Gasteiger partial charge is 0.173 e. The number of nitrogens with zero attached hydrogens (tertiary/aromatic N) is 4. The monoisotopic (exact) mass is 267 g/mol. The van der Waals surface area contributed by atoms with Crippen LogP contribution >= 0.6 is 0 Å². The van der Waals surface area contributed by atoms with Crippen LogP contribution in [0.2, 0.25) is 0 Å². The molecular weight excluding hydrogens is 254 g/mol. The number of nitrogens with two attached hydrogens (primary N) is 1. The summed E-state index contributed by atoms with van der Waals surface area (Å²) in [7, 11) is 0. The van der Waals surface area contributed by atoms with Crippen molar-refractivity contribution in [3.63, 3.8) is 0 Å². The molecule has 0 unspecified atom stereocenters. The van der Waals surface area contributed by atoms with Crippen molar-refractivity contribution < 1.29 is 0 Å². The highest BCUT2D eigenvalue weighted by molar-refractivity contribution is 5.70. The Morgan fingerprint density at radius 2 is 1.90 bits per heavy atom. The Hall–Kier alpha value is -3.09. The Kier molecular flexibility index (Phi) is 3.15. The zero-order chi connectivity index (χ0) is 13.8. The summed E-state index contributed by atoms with van der Waals surface area (Å²) in [5.41, 5.74) is 13.4. The molecule has 0 aliphatic heterocycles. The van der Waals surface area contributed by atoms with Gasteiger partial charge in [0.25, 0.3) is 0 Å². The molecule has 0 aliphatic carbocycles. The third kappa shape index (κ3) is 2.37. The summed E-state index contributed by atoms with van der Waals surface area (Å²) < 4.78 is 1.73. The molecule has 7 nitrogen and oxygen atoms in total. The molecule has 2 heterocycles. The van der Waals surface area contributed by atoms with Crippen LogP contribution in [-0.2, 0) is 0 Å². The zero-order valence-electron chi connectivity index (χ0n) is 10.6. The molecule has 0 fully saturated rings. The normalized spacial score (nSPS) is 10.2. The molecular formula is C13H13N7. The number of rotatable bonds is 4. The minimum atomic E-state index is 0.439. The van der Waals surface area contributed by atoms with Crippen LogP contribution in [0.25, 0.3) is 5.82 Å². The van der Waals surface area contributed by atoms with Crippen molar-refractivity contribution in [1.82, 2.24) is 19.5 Å². The number of hydrazine groups is 1. The number of aromatic nitrogens is 4. The lowest BCUT2D eigenvalue weighted by Crippen LogP contribution is -2.14. The van der Waals surface area contributed by atoms with Crippen LogP contribution in [0.1, 0.15) is 0 Å². The standard InChI is InChI=1S/C13H13N7/c14-11-12(19-18-10-4-2-1-3-5-10)16-8-17-13(11)20-7-6-15-9-20/h1-9,18H,14H2,(H,16,17,19). The van der Waals surface area contributed by atoms with Gasteiger partial charge in [0.15, 0.2) is 11.6 Å². The van der Waals surface area contributed by atoms with Gasteiger partial charge in [-0.05, 0) is 12.1 Å². The number of nitrogens with one attached hydrogen (secondary N) is 2. The predicted molar refractivity (Wildman–Crippen MR) is 77.3 cm³/mol. The van der Waals surface area contributed by atoms with E-state index < -0.39 is 0 Å². The van der Waals surface area contributed by atoms with Gasteiger partial charge < -0.3 is 5.73 Å². The van der Waals surface area contributed by atoms with E-state index in [1.165, 1.54) is 6.33 Å². The first-order valence-corrected chi connectivity index (χ1v) is 6.00. The van der Waals surface area contributed by atoms with Crippen LogP contribution in [0, 0.1) is 0 Å². The number of benzene rings is 1. The van der Waals surface area contributed by atoms with Crippen LogP contribution in [0.3, 0.4) is 0 Å². The van der Waals surface area contributed by atoms with Crippen molar-refractivity contribution in [2.75, 3.05) is 16.6 Å². The van der Waals surface area contributed by atoms with Gasteiger partial charge in [0, 0.05) is 12.4 Å². The third-order valence-electron chi connectivity index (χ3n) is 2.71. The molecule has 7 heteroatoms. The highest BCUT2D eigenvalue weighted by Gasteiger charge is 2.09. The fourth-order valence-corrected chi connectivity index (χ4v) is 1.73. The Balaban J connectivity index is 1.82. The maximum absolute atomic E-state index is 6.06. The summed E-state index contributed by atoms with van der Waals surface area (Å²) in [4.78, 5) is 12.2. The number of para-hydroxylation sites is 1. The predicted octanol–water partition coefficient (Wildman–Crippen LogP) is 1.68. The van der Waals surface area contributed by atoms with Gasteiger partial charge in [-0.2, -0.15) is 0 Å². The molecule has 0 saturated heterocycles. The average Bonchev–Trinajstić information content (AvgIpc) is 3.01. The van der Waals surface area contributed by atoms with Gasteiger partial charge in [-0.3, -0.25) is 15.4 Å². The molecule has 20 heavy (non-hydrogen) atoms. The Morgan fingerprint density at radius 1 is 1.05 bits per heavy atom. The molecule has 3 rings (SSSR count). The second-order valence-electron chi connectivity index (χ2n) is 4.05. The molecule has 2 aromatic heterocycles. The molecule has 0 spiro atoms. The molecule has 0 amide bonds. The number of imidazole rings is 1. The second kappa shape index (κ2) is 5.27. The second-order valence-corrected chi connectivity index (χ2v) is 4.05. The fraction of sp³-hybridized carbons (Fsp3) is 0. The van der Waals surface area contributed by atoms with Crippen molar-refractivity contribution in [2.24, 2.45) is 0 Å². The quantitative estimate of drug-likeness (QED) is 0.623. The van der Waals surface area contributed by atoms with Gasteiger partial charge in [0.2, 0.25) is 0 Å². The van der Waals surface area contributed by atoms with Crippen molar-refractivity contribution in [3.05, 3.63) is 55.4 Å². The number of hydrogen-bond donors (Lipinski definition) is 3. The fourth-order valence-electron chi connectivity index (χ4n) is 1.73. The van der Waals surface area contributed by atoms with Gasteiger partial charge in [0.1, 0.15) is 18.3 Å². The molecule has 100 valence electrons. The van der Waals surface area contributed by atoms with Crippen molar-refractivity contribution >= 4 is 17.2 Å². The molecule has 0 radical (unpaired) electrons. The van der Waals surface area contributed by atoms with Gasteiger partial charge >= 0.3 is 0 Å². The van der Waals surface area contributed by atoms with E-state index >= 15 is 0 Å². The van der Waals surface area contributed by atoms with Crippen molar-refractivity contribution in [3.8, 4) is 5.82 Å². The van der Waals surface area contributed by atoms with E-state index in [1.54, 1.807) is 23.3 Å². The van der Waals surface area contributed by atoms with E-state index in [0.717, 1.165) is 5.69 Å². The average molecular weight is 267 g/mol. The highest BCUT2D eigenvalue weighted by Crippen LogP contribution is 2.21. The third-order valence-corrected chi connectivity index (χ3v) is 2.71. The van der Waals surface area contributed by atoms with Crippen molar-refractivity contribution in [2.45, 2.75) is 0 Å². The lowest BCUT2D eigenvalue weighted by atomic mass is 10.3. The minimum Gasteiger partial charge on any atom is -0.393 e. The van der Waals surface area contributed by atoms with E-state index in [2.05, 4.69) is 25.8 Å². The Morgan fingerprint density at radius 3 is 2.65 bits per heavy atom. The maximum Gasteiger partial charge on any atom is 0.173 e. The summed E-state index contributed by atoms with van der Waals surface area (Å²) >= 11 is 0. The number of anilines is 3. The first-order chi connectivity index (χ1) is 9.84. The van der Waals surface area contributed by atoms with E-state index in [0.29, 0.717) is 17.3 Å². The van der Waals surface area contributed by atoms with Crippen LogP contribution in [-0.4, -0.2) is 19.5 Å². The van der Waals surface area contributed by atoms with Gasteiger partial charge in [-0.25, -0.2) is 15.0 Å². The summed E-state index contributed by atoms with van der Waals surface area (Å²) in [5, 5.41) is 0. The molecule has 1 aromatic carbocycles. The first kappa shape index (κ1) is 12.0. The lowest BCUT2D eigenvalue weighted by molar-refractivity contribution is 0.976. The summed E-state index contributed by atoms with van der Waals surface area (Å²) in [6, 6.07) is 9.68. The van der Waals surface area contributed by atoms with Crippen molar-refractivity contribution in [1.29, 1.82) is 0 Å². The van der Waals surface area contributed by atoms with E-state index in [-0.39, 0.29) is 0 Å². The number of hydrogen-bond acceptors (Lipinski definition) is 6. The van der Waals surface area contributed by atoms with Crippen LogP contribution in [0.4, 0.5) is 17.2 Å². The Labute approximate surface area is 115 Å². The summed E-state index contributed by atoms with van der Waals surface area (Å²) in [6.45, 7) is 0. The van der Waals surface area contributed by atoms with Crippen LogP contribution in [0.5, 0.6) is 0 Å². The molecule has 4 N–H and O–H groups in total. The lowest BCUT2D eigenvalue weighted by Gasteiger charge is -2.12. The molecule has 0 saturated carbocycles. The SMILES string of the molecule is Nc1c(NNc2ccccc2)ncnc1-n1ccnc1. The van der Waals surface area contributed by atoms with Gasteiger partial charge in [0.05, 0.1) is 5.69 Å². The van der Waals surface area contributed by atoms with Gasteiger partial charge in [-0.1, -0.05) is 18.2 Å². The van der Waals surface area contributed by atoms with E-state index in [4.69, 9.17) is 5.73 Å². The molecule has 0 aliphatic rings. The molecule has 3 aromatic rings. The summed E-state index contributed by atoms with van der Waals surface area (Å²) in [6.07, 6.45) is 6.51. The van der Waals surface area contributed by atoms with Gasteiger partial charge in [-0.15, -0.1) is 0 Å². The summed E-state index contributed by atoms with van der Waals surface area (Å²) in [5.74, 6) is 1.09. The largest absolute Gasteiger partial charge is 0.393 e. The molecule has 0 atom stereocenters. The van der Waals surface area contributed by atoms with E-state index in [9.17, 15) is 0 Å². The van der Waals surface area contributed by atoms with Crippen LogP contribution in [0.15, 0.2) is 55.4 Å². The number of nitrogen functional groups attached to an aromatic ring is 1. The highest BCUT2D eigenvalue weighted by atomic mass is 15.4. The Bertz CT molecular complexity index is 679. The van der Waals surface area contributed by atoms with Crippen LogP contribution < -0.4 is 16.6 Å². The first-order valence-electron chi connectivity index (χ1n) is 6.00. The minimum absolute atomic E-state index is 0.439.